The van der Waals surface area contributed by atoms with E-state index in [9.17, 15) is 0 Å². The fourth-order valence-electron chi connectivity index (χ4n) is 1.57. The highest BCUT2D eigenvalue weighted by Crippen LogP contribution is 2.10. The first-order valence-electron chi connectivity index (χ1n) is 6.15. The minimum absolute atomic E-state index is 0.535. The molecule has 17 heavy (non-hydrogen) atoms. The molecule has 0 aliphatic heterocycles. The predicted octanol–water partition coefficient (Wildman–Crippen LogP) is 2.32. The predicted molar refractivity (Wildman–Crippen MR) is 72.8 cm³/mol. The zero-order chi connectivity index (χ0) is 12.3. The quantitative estimate of drug-likeness (QED) is 0.653. The highest BCUT2D eigenvalue weighted by molar-refractivity contribution is 7.09. The van der Waals surface area contributed by atoms with Crippen LogP contribution in [0.2, 0.25) is 0 Å². The lowest BCUT2D eigenvalue weighted by molar-refractivity contribution is 0.0693. The number of nitrogens with one attached hydrogen (secondary N) is 1. The Morgan fingerprint density at radius 3 is 2.94 bits per heavy atom. The Kier molecular flexibility index (Phi) is 8.26. The SMILES string of the molecule is COCCOCCCNC(C)Cc1cccs1. The van der Waals surface area contributed by atoms with Crippen molar-refractivity contribution in [3.63, 3.8) is 0 Å². The van der Waals surface area contributed by atoms with Crippen molar-refractivity contribution in [1.82, 2.24) is 5.32 Å². The molecule has 1 atom stereocenters. The number of methoxy groups -OCH3 is 1. The molecule has 0 aliphatic rings. The molecule has 3 nitrogen and oxygen atoms in total. The van der Waals surface area contributed by atoms with Crippen molar-refractivity contribution in [1.29, 1.82) is 0 Å². The van der Waals surface area contributed by atoms with Gasteiger partial charge in [0.2, 0.25) is 0 Å². The van der Waals surface area contributed by atoms with Crippen molar-refractivity contribution < 1.29 is 9.47 Å². The van der Waals surface area contributed by atoms with Crippen LogP contribution in [0.4, 0.5) is 0 Å². The van der Waals surface area contributed by atoms with E-state index in [1.54, 1.807) is 7.11 Å². The molecular formula is C13H23NO2S. The normalized spacial score (nSPS) is 12.8. The van der Waals surface area contributed by atoms with Gasteiger partial charge in [0.05, 0.1) is 13.2 Å². The van der Waals surface area contributed by atoms with E-state index in [0.29, 0.717) is 19.3 Å². The zero-order valence-corrected chi connectivity index (χ0v) is 11.6. The molecule has 1 aromatic heterocycles. The van der Waals surface area contributed by atoms with Crippen LogP contribution in [0.5, 0.6) is 0 Å². The van der Waals surface area contributed by atoms with Gasteiger partial charge in [0.15, 0.2) is 0 Å². The first kappa shape index (κ1) is 14.6. The zero-order valence-electron chi connectivity index (χ0n) is 10.8. The summed E-state index contributed by atoms with van der Waals surface area (Å²) in [6.07, 6.45) is 2.17. The van der Waals surface area contributed by atoms with Crippen molar-refractivity contribution in [3.05, 3.63) is 22.4 Å². The summed E-state index contributed by atoms with van der Waals surface area (Å²) in [5.74, 6) is 0. The molecule has 0 amide bonds. The molecule has 4 heteroatoms. The summed E-state index contributed by atoms with van der Waals surface area (Å²) in [6.45, 7) is 5.43. The maximum absolute atomic E-state index is 5.40. The molecule has 1 heterocycles. The van der Waals surface area contributed by atoms with Crippen LogP contribution >= 0.6 is 11.3 Å². The molecule has 1 aromatic rings. The van der Waals surface area contributed by atoms with Crippen LogP contribution in [0, 0.1) is 0 Å². The molecule has 0 aliphatic carbocycles. The van der Waals surface area contributed by atoms with E-state index in [-0.39, 0.29) is 0 Å². The van der Waals surface area contributed by atoms with Gasteiger partial charge in [0, 0.05) is 24.6 Å². The molecule has 1 rings (SSSR count). The van der Waals surface area contributed by atoms with Crippen molar-refractivity contribution in [2.24, 2.45) is 0 Å². The third-order valence-electron chi connectivity index (χ3n) is 2.48. The first-order valence-corrected chi connectivity index (χ1v) is 7.03. The monoisotopic (exact) mass is 257 g/mol. The number of hydrogen-bond acceptors (Lipinski definition) is 4. The van der Waals surface area contributed by atoms with Gasteiger partial charge in [-0.15, -0.1) is 11.3 Å². The molecule has 0 spiro atoms. The van der Waals surface area contributed by atoms with Gasteiger partial charge in [-0.2, -0.15) is 0 Å². The van der Waals surface area contributed by atoms with Gasteiger partial charge >= 0.3 is 0 Å². The summed E-state index contributed by atoms with van der Waals surface area (Å²) in [6, 6.07) is 4.83. The van der Waals surface area contributed by atoms with Gasteiger partial charge < -0.3 is 14.8 Å². The van der Waals surface area contributed by atoms with Crippen LogP contribution in [0.3, 0.4) is 0 Å². The summed E-state index contributed by atoms with van der Waals surface area (Å²) in [4.78, 5) is 1.45. The molecular weight excluding hydrogens is 234 g/mol. The van der Waals surface area contributed by atoms with E-state index in [1.807, 2.05) is 11.3 Å². The van der Waals surface area contributed by atoms with Crippen LogP contribution in [0.15, 0.2) is 17.5 Å². The van der Waals surface area contributed by atoms with Crippen LogP contribution < -0.4 is 5.32 Å². The molecule has 0 bridgehead atoms. The lowest BCUT2D eigenvalue weighted by Crippen LogP contribution is -2.29. The Morgan fingerprint density at radius 2 is 2.24 bits per heavy atom. The van der Waals surface area contributed by atoms with Crippen LogP contribution in [-0.4, -0.2) is 39.5 Å². The molecule has 0 saturated carbocycles. The van der Waals surface area contributed by atoms with E-state index in [1.165, 1.54) is 4.88 Å². The molecule has 0 saturated heterocycles. The highest BCUT2D eigenvalue weighted by Gasteiger charge is 2.02. The lowest BCUT2D eigenvalue weighted by atomic mass is 10.2. The Balaban J connectivity index is 1.92. The minimum atomic E-state index is 0.535. The maximum atomic E-state index is 5.40. The maximum Gasteiger partial charge on any atom is 0.0700 e. The van der Waals surface area contributed by atoms with Gasteiger partial charge in [-0.25, -0.2) is 0 Å². The lowest BCUT2D eigenvalue weighted by Gasteiger charge is -2.12. The van der Waals surface area contributed by atoms with E-state index in [2.05, 4.69) is 29.8 Å². The summed E-state index contributed by atoms with van der Waals surface area (Å²) in [5, 5.41) is 5.64. The van der Waals surface area contributed by atoms with Crippen LogP contribution in [0.1, 0.15) is 18.2 Å². The molecule has 98 valence electrons. The molecule has 1 unspecified atom stereocenters. The Labute approximate surface area is 108 Å². The Hall–Kier alpha value is -0.420. The van der Waals surface area contributed by atoms with Crippen LogP contribution in [-0.2, 0) is 15.9 Å². The number of ether oxygens (including phenoxy) is 2. The van der Waals surface area contributed by atoms with Gasteiger partial charge in [-0.3, -0.25) is 0 Å². The summed E-state index contributed by atoms with van der Waals surface area (Å²) < 4.78 is 10.3. The first-order chi connectivity index (χ1) is 8.33. The molecule has 1 N–H and O–H groups in total. The molecule has 0 radical (unpaired) electrons. The summed E-state index contributed by atoms with van der Waals surface area (Å²) >= 11 is 1.83. The number of thiophene rings is 1. The second kappa shape index (κ2) is 9.59. The Bertz CT molecular complexity index is 264. The standard InChI is InChI=1S/C13H23NO2S/c1-12(11-13-5-3-10-17-13)14-6-4-7-16-9-8-15-2/h3,5,10,12,14H,4,6-9,11H2,1-2H3. The topological polar surface area (TPSA) is 30.5 Å². The van der Waals surface area contributed by atoms with Gasteiger partial charge in [0.25, 0.3) is 0 Å². The second-order valence-corrected chi connectivity index (χ2v) is 5.13. The smallest absolute Gasteiger partial charge is 0.0700 e. The number of hydrogen-bond donors (Lipinski definition) is 1. The number of rotatable bonds is 10. The second-order valence-electron chi connectivity index (χ2n) is 4.10. The van der Waals surface area contributed by atoms with E-state index < -0.39 is 0 Å². The largest absolute Gasteiger partial charge is 0.382 e. The molecule has 0 aromatic carbocycles. The molecule has 0 fully saturated rings. The minimum Gasteiger partial charge on any atom is -0.382 e. The average molecular weight is 257 g/mol. The van der Waals surface area contributed by atoms with Crippen molar-refractivity contribution in [2.75, 3.05) is 33.5 Å². The fourth-order valence-corrected chi connectivity index (χ4v) is 2.40. The van der Waals surface area contributed by atoms with Gasteiger partial charge in [-0.1, -0.05) is 6.07 Å². The van der Waals surface area contributed by atoms with E-state index in [0.717, 1.165) is 26.0 Å². The summed E-state index contributed by atoms with van der Waals surface area (Å²) in [7, 11) is 1.69. The Morgan fingerprint density at radius 1 is 1.35 bits per heavy atom. The van der Waals surface area contributed by atoms with Crippen molar-refractivity contribution >= 4 is 11.3 Å². The van der Waals surface area contributed by atoms with E-state index >= 15 is 0 Å². The summed E-state index contributed by atoms with van der Waals surface area (Å²) in [5.41, 5.74) is 0. The third-order valence-corrected chi connectivity index (χ3v) is 3.38. The fraction of sp³-hybridized carbons (Fsp3) is 0.692. The van der Waals surface area contributed by atoms with Gasteiger partial charge in [0.1, 0.15) is 0 Å². The third kappa shape index (κ3) is 7.49. The average Bonchev–Trinajstić information content (AvgIpc) is 2.80. The highest BCUT2D eigenvalue weighted by atomic mass is 32.1. The van der Waals surface area contributed by atoms with Crippen molar-refractivity contribution in [3.8, 4) is 0 Å². The van der Waals surface area contributed by atoms with Crippen LogP contribution in [0.25, 0.3) is 0 Å². The van der Waals surface area contributed by atoms with Crippen molar-refractivity contribution in [2.45, 2.75) is 25.8 Å². The van der Waals surface area contributed by atoms with Gasteiger partial charge in [-0.05, 0) is 37.8 Å². The van der Waals surface area contributed by atoms with E-state index in [4.69, 9.17) is 9.47 Å².